The van der Waals surface area contributed by atoms with E-state index in [1.165, 1.54) is 25.7 Å². The molecule has 0 aromatic rings. The molecule has 11 heavy (non-hydrogen) atoms. The molecule has 0 heterocycles. The van der Waals surface area contributed by atoms with Crippen LogP contribution in [-0.2, 0) is 0 Å². The predicted molar refractivity (Wildman–Crippen MR) is 48.4 cm³/mol. The molecule has 0 aromatic carbocycles. The highest BCUT2D eigenvalue weighted by molar-refractivity contribution is 4.83. The second kappa shape index (κ2) is 2.80. The quantitative estimate of drug-likeness (QED) is 0.568. The maximum atomic E-state index is 2.39. The Bertz CT molecular complexity index is 111. The van der Waals surface area contributed by atoms with Crippen LogP contribution in [-0.4, -0.2) is 0 Å². The molecule has 0 atom stereocenters. The molecule has 0 heteroatoms. The zero-order chi connectivity index (χ0) is 7.84. The van der Waals surface area contributed by atoms with Gasteiger partial charge in [-0.3, -0.25) is 0 Å². The molecule has 2 rings (SSSR count). The maximum absolute atomic E-state index is 2.39. The number of hydrogen-bond donors (Lipinski definition) is 0. The summed E-state index contributed by atoms with van der Waals surface area (Å²) in [6.07, 6.45) is 7.69. The molecular weight excluding hydrogens is 132 g/mol. The van der Waals surface area contributed by atoms with Gasteiger partial charge in [-0.1, -0.05) is 13.8 Å². The normalized spacial score (nSPS) is 49.6. The Morgan fingerprint density at radius 2 is 1.18 bits per heavy atom. The van der Waals surface area contributed by atoms with Crippen LogP contribution in [0.5, 0.6) is 0 Å². The molecular formula is C11H20. The predicted octanol–water partition coefficient (Wildman–Crippen LogP) is 3.47. The highest BCUT2D eigenvalue weighted by Crippen LogP contribution is 2.44. The van der Waals surface area contributed by atoms with Crippen LogP contribution in [0.3, 0.4) is 0 Å². The lowest BCUT2D eigenvalue weighted by Crippen LogP contribution is -2.29. The minimum absolute atomic E-state index is 1.05. The average molecular weight is 152 g/mol. The fourth-order valence-electron chi connectivity index (χ4n) is 2.99. The van der Waals surface area contributed by atoms with Crippen molar-refractivity contribution >= 4 is 0 Å². The Kier molecular flexibility index (Phi) is 1.95. The number of hydrogen-bond acceptors (Lipinski definition) is 0. The Morgan fingerprint density at radius 1 is 0.818 bits per heavy atom. The highest BCUT2D eigenvalue weighted by Gasteiger charge is 2.32. The molecule has 0 nitrogen and oxygen atoms in total. The largest absolute Gasteiger partial charge is 0.0625 e. The summed E-state index contributed by atoms with van der Waals surface area (Å²) < 4.78 is 0. The van der Waals surface area contributed by atoms with Gasteiger partial charge in [-0.05, 0) is 55.8 Å². The Balaban J connectivity index is 1.61. The molecule has 0 bridgehead atoms. The van der Waals surface area contributed by atoms with Crippen LogP contribution in [0.4, 0.5) is 0 Å². The van der Waals surface area contributed by atoms with Crippen LogP contribution in [0.25, 0.3) is 0 Å². The standard InChI is InChI=1S/C11H20/c1-8-3-10(4-8)7-11-5-9(2)6-11/h8-11H,3-7H2,1-2H3. The zero-order valence-corrected chi connectivity index (χ0v) is 7.84. The molecule has 0 N–H and O–H groups in total. The van der Waals surface area contributed by atoms with Gasteiger partial charge in [-0.2, -0.15) is 0 Å². The number of rotatable bonds is 2. The van der Waals surface area contributed by atoms with Gasteiger partial charge in [0.1, 0.15) is 0 Å². The van der Waals surface area contributed by atoms with E-state index >= 15 is 0 Å². The van der Waals surface area contributed by atoms with Gasteiger partial charge in [-0.25, -0.2) is 0 Å². The third-order valence-electron chi connectivity index (χ3n) is 3.61. The molecule has 0 unspecified atom stereocenters. The molecule has 2 fully saturated rings. The van der Waals surface area contributed by atoms with Crippen LogP contribution in [0.2, 0.25) is 0 Å². The lowest BCUT2D eigenvalue weighted by Gasteiger charge is -2.40. The summed E-state index contributed by atoms with van der Waals surface area (Å²) >= 11 is 0. The summed E-state index contributed by atoms with van der Waals surface area (Å²) in [6.45, 7) is 4.78. The summed E-state index contributed by atoms with van der Waals surface area (Å²) in [7, 11) is 0. The first-order valence-electron chi connectivity index (χ1n) is 5.24. The van der Waals surface area contributed by atoms with Crippen molar-refractivity contribution < 1.29 is 0 Å². The SMILES string of the molecule is CC1CC(CC2CC(C)C2)C1. The van der Waals surface area contributed by atoms with Crippen molar-refractivity contribution in [2.45, 2.75) is 46.0 Å². The van der Waals surface area contributed by atoms with Crippen molar-refractivity contribution in [3.63, 3.8) is 0 Å². The van der Waals surface area contributed by atoms with E-state index in [-0.39, 0.29) is 0 Å². The monoisotopic (exact) mass is 152 g/mol. The Morgan fingerprint density at radius 3 is 1.45 bits per heavy atom. The molecule has 64 valence electrons. The van der Waals surface area contributed by atoms with Gasteiger partial charge >= 0.3 is 0 Å². The van der Waals surface area contributed by atoms with Gasteiger partial charge in [0.05, 0.1) is 0 Å². The smallest absolute Gasteiger partial charge is 0.0407 e. The van der Waals surface area contributed by atoms with Gasteiger partial charge in [-0.15, -0.1) is 0 Å². The van der Waals surface area contributed by atoms with Crippen molar-refractivity contribution in [3.8, 4) is 0 Å². The summed E-state index contributed by atoms with van der Waals surface area (Å²) in [4.78, 5) is 0. The first-order chi connectivity index (χ1) is 5.24. The van der Waals surface area contributed by atoms with Crippen molar-refractivity contribution in [2.75, 3.05) is 0 Å². The highest BCUT2D eigenvalue weighted by atomic mass is 14.4. The van der Waals surface area contributed by atoms with Crippen molar-refractivity contribution in [1.82, 2.24) is 0 Å². The topological polar surface area (TPSA) is 0 Å². The summed E-state index contributed by atoms with van der Waals surface area (Å²) in [6, 6.07) is 0. The van der Waals surface area contributed by atoms with Crippen LogP contribution in [0.1, 0.15) is 46.0 Å². The van der Waals surface area contributed by atoms with E-state index in [4.69, 9.17) is 0 Å². The third-order valence-corrected chi connectivity index (χ3v) is 3.61. The van der Waals surface area contributed by atoms with Crippen molar-refractivity contribution in [1.29, 1.82) is 0 Å². The van der Waals surface area contributed by atoms with E-state index < -0.39 is 0 Å². The maximum Gasteiger partial charge on any atom is -0.0407 e. The van der Waals surface area contributed by atoms with E-state index in [0.29, 0.717) is 0 Å². The average Bonchev–Trinajstić information content (AvgIpc) is 1.81. The molecule has 2 saturated carbocycles. The molecule has 2 aliphatic carbocycles. The van der Waals surface area contributed by atoms with Gasteiger partial charge in [0.25, 0.3) is 0 Å². The van der Waals surface area contributed by atoms with Gasteiger partial charge < -0.3 is 0 Å². The second-order valence-electron chi connectivity index (χ2n) is 5.12. The van der Waals surface area contributed by atoms with E-state index in [1.807, 2.05) is 0 Å². The van der Waals surface area contributed by atoms with Gasteiger partial charge in [0, 0.05) is 0 Å². The van der Waals surface area contributed by atoms with Crippen LogP contribution in [0, 0.1) is 23.7 Å². The third kappa shape index (κ3) is 1.60. The van der Waals surface area contributed by atoms with Crippen LogP contribution >= 0.6 is 0 Å². The van der Waals surface area contributed by atoms with Gasteiger partial charge in [0.15, 0.2) is 0 Å². The van der Waals surface area contributed by atoms with E-state index in [9.17, 15) is 0 Å². The first kappa shape index (κ1) is 7.64. The lowest BCUT2D eigenvalue weighted by atomic mass is 9.65. The molecule has 2 aliphatic rings. The Hall–Kier alpha value is 0. The van der Waals surface area contributed by atoms with E-state index in [1.54, 1.807) is 6.42 Å². The Labute approximate surface area is 70.4 Å². The molecule has 0 aliphatic heterocycles. The molecule has 0 saturated heterocycles. The van der Waals surface area contributed by atoms with Crippen molar-refractivity contribution in [3.05, 3.63) is 0 Å². The molecule has 0 spiro atoms. The fourth-order valence-corrected chi connectivity index (χ4v) is 2.99. The van der Waals surface area contributed by atoms with Gasteiger partial charge in [0.2, 0.25) is 0 Å². The van der Waals surface area contributed by atoms with Crippen molar-refractivity contribution in [2.24, 2.45) is 23.7 Å². The fraction of sp³-hybridized carbons (Fsp3) is 1.00. The first-order valence-corrected chi connectivity index (χ1v) is 5.24. The molecule has 0 aromatic heterocycles. The van der Waals surface area contributed by atoms with E-state index in [2.05, 4.69) is 13.8 Å². The second-order valence-corrected chi connectivity index (χ2v) is 5.12. The van der Waals surface area contributed by atoms with Crippen LogP contribution < -0.4 is 0 Å². The molecule has 0 amide bonds. The summed E-state index contributed by atoms with van der Waals surface area (Å²) in [5.74, 6) is 4.36. The minimum Gasteiger partial charge on any atom is -0.0625 e. The zero-order valence-electron chi connectivity index (χ0n) is 7.84. The minimum atomic E-state index is 1.05. The lowest BCUT2D eigenvalue weighted by molar-refractivity contribution is 0.111. The van der Waals surface area contributed by atoms with E-state index in [0.717, 1.165) is 23.7 Å². The summed E-state index contributed by atoms with van der Waals surface area (Å²) in [5, 5.41) is 0. The van der Waals surface area contributed by atoms with Crippen LogP contribution in [0.15, 0.2) is 0 Å². The molecule has 0 radical (unpaired) electrons. The summed E-state index contributed by atoms with van der Waals surface area (Å²) in [5.41, 5.74) is 0.